The zero-order valence-electron chi connectivity index (χ0n) is 13.0. The minimum absolute atomic E-state index is 0.328. The molecule has 2 aromatic carbocycles. The van der Waals surface area contributed by atoms with Crippen LogP contribution in [0.15, 0.2) is 52.9 Å². The third kappa shape index (κ3) is 3.24. The molecule has 0 aliphatic carbocycles. The molecule has 0 fully saturated rings. The van der Waals surface area contributed by atoms with Gasteiger partial charge in [-0.05, 0) is 49.7 Å². The standard InChI is InChI=1S/C19H16N2O2/c1-13-10-15(11-20)8-9-18(13)22-12-17-14(2)23-19(21-17)16-6-4-3-5-7-16/h3-10H,12H2,1-2H3. The van der Waals surface area contributed by atoms with Crippen LogP contribution in [0.3, 0.4) is 0 Å². The quantitative estimate of drug-likeness (QED) is 0.716. The lowest BCUT2D eigenvalue weighted by Gasteiger charge is -2.07. The lowest BCUT2D eigenvalue weighted by molar-refractivity contribution is 0.297. The van der Waals surface area contributed by atoms with E-state index in [2.05, 4.69) is 11.1 Å². The number of benzene rings is 2. The molecule has 4 nitrogen and oxygen atoms in total. The van der Waals surface area contributed by atoms with E-state index in [4.69, 9.17) is 14.4 Å². The Morgan fingerprint density at radius 1 is 1.13 bits per heavy atom. The second kappa shape index (κ2) is 6.37. The average Bonchev–Trinajstić information content (AvgIpc) is 2.95. The number of nitrogens with zero attached hydrogens (tertiary/aromatic N) is 2. The number of hydrogen-bond donors (Lipinski definition) is 0. The van der Waals surface area contributed by atoms with E-state index in [1.807, 2.05) is 44.2 Å². The fraction of sp³-hybridized carbons (Fsp3) is 0.158. The van der Waals surface area contributed by atoms with Crippen LogP contribution in [0.1, 0.15) is 22.6 Å². The number of rotatable bonds is 4. The summed E-state index contributed by atoms with van der Waals surface area (Å²) in [5, 5.41) is 8.90. The van der Waals surface area contributed by atoms with Gasteiger partial charge in [0.15, 0.2) is 0 Å². The molecule has 1 aromatic heterocycles. The van der Waals surface area contributed by atoms with Gasteiger partial charge in [0.1, 0.15) is 23.8 Å². The first-order valence-corrected chi connectivity index (χ1v) is 7.32. The van der Waals surface area contributed by atoms with Crippen molar-refractivity contribution < 1.29 is 9.15 Å². The van der Waals surface area contributed by atoms with E-state index in [0.29, 0.717) is 18.1 Å². The second-order valence-corrected chi connectivity index (χ2v) is 5.27. The molecule has 0 saturated carbocycles. The highest BCUT2D eigenvalue weighted by Gasteiger charge is 2.12. The van der Waals surface area contributed by atoms with Gasteiger partial charge in [0.05, 0.1) is 11.6 Å². The first-order valence-electron chi connectivity index (χ1n) is 7.32. The third-order valence-electron chi connectivity index (χ3n) is 3.58. The molecule has 1 heterocycles. The number of oxazole rings is 1. The highest BCUT2D eigenvalue weighted by molar-refractivity contribution is 5.53. The molecule has 4 heteroatoms. The molecular weight excluding hydrogens is 288 g/mol. The Morgan fingerprint density at radius 2 is 1.91 bits per heavy atom. The van der Waals surface area contributed by atoms with Crippen LogP contribution >= 0.6 is 0 Å². The van der Waals surface area contributed by atoms with Crippen LogP contribution in [0, 0.1) is 25.2 Å². The Kier molecular flexibility index (Phi) is 4.11. The summed E-state index contributed by atoms with van der Waals surface area (Å²) in [4.78, 5) is 4.51. The van der Waals surface area contributed by atoms with E-state index < -0.39 is 0 Å². The summed E-state index contributed by atoms with van der Waals surface area (Å²) >= 11 is 0. The smallest absolute Gasteiger partial charge is 0.226 e. The average molecular weight is 304 g/mol. The second-order valence-electron chi connectivity index (χ2n) is 5.27. The van der Waals surface area contributed by atoms with Crippen molar-refractivity contribution in [3.63, 3.8) is 0 Å². The van der Waals surface area contributed by atoms with E-state index in [1.54, 1.807) is 18.2 Å². The normalized spacial score (nSPS) is 10.3. The number of nitriles is 1. The van der Waals surface area contributed by atoms with Crippen molar-refractivity contribution in [3.05, 3.63) is 71.1 Å². The Bertz CT molecular complexity index is 861. The molecule has 0 bridgehead atoms. The number of aryl methyl sites for hydroxylation is 2. The molecule has 0 amide bonds. The highest BCUT2D eigenvalue weighted by Crippen LogP contribution is 2.24. The van der Waals surface area contributed by atoms with Crippen molar-refractivity contribution >= 4 is 0 Å². The van der Waals surface area contributed by atoms with Gasteiger partial charge in [-0.15, -0.1) is 0 Å². The minimum atomic E-state index is 0.328. The molecule has 0 saturated heterocycles. The van der Waals surface area contributed by atoms with Crippen molar-refractivity contribution in [2.24, 2.45) is 0 Å². The van der Waals surface area contributed by atoms with Crippen LogP contribution in [0.4, 0.5) is 0 Å². The van der Waals surface area contributed by atoms with Gasteiger partial charge in [0.2, 0.25) is 5.89 Å². The molecule has 0 unspecified atom stereocenters. The van der Waals surface area contributed by atoms with Crippen molar-refractivity contribution in [1.29, 1.82) is 5.26 Å². The first-order chi connectivity index (χ1) is 11.2. The molecule has 114 valence electrons. The predicted molar refractivity (Wildman–Crippen MR) is 86.9 cm³/mol. The highest BCUT2D eigenvalue weighted by atomic mass is 16.5. The van der Waals surface area contributed by atoms with Gasteiger partial charge in [-0.3, -0.25) is 0 Å². The van der Waals surface area contributed by atoms with Crippen molar-refractivity contribution in [3.8, 4) is 23.3 Å². The van der Waals surface area contributed by atoms with Gasteiger partial charge in [-0.25, -0.2) is 4.98 Å². The van der Waals surface area contributed by atoms with Gasteiger partial charge < -0.3 is 9.15 Å². The maximum absolute atomic E-state index is 8.90. The Hall–Kier alpha value is -3.06. The van der Waals surface area contributed by atoms with Gasteiger partial charge in [-0.1, -0.05) is 18.2 Å². The monoisotopic (exact) mass is 304 g/mol. The molecule has 0 spiro atoms. The molecule has 3 aromatic rings. The molecule has 0 radical (unpaired) electrons. The summed E-state index contributed by atoms with van der Waals surface area (Å²) in [6.45, 7) is 4.12. The van der Waals surface area contributed by atoms with Crippen molar-refractivity contribution in [2.75, 3.05) is 0 Å². The number of ether oxygens (including phenoxy) is 1. The maximum atomic E-state index is 8.90. The molecule has 23 heavy (non-hydrogen) atoms. The number of hydrogen-bond acceptors (Lipinski definition) is 4. The lowest BCUT2D eigenvalue weighted by atomic mass is 10.1. The van der Waals surface area contributed by atoms with Crippen molar-refractivity contribution in [2.45, 2.75) is 20.5 Å². The Labute approximate surface area is 135 Å². The van der Waals surface area contributed by atoms with E-state index in [9.17, 15) is 0 Å². The first kappa shape index (κ1) is 14.9. The van der Waals surface area contributed by atoms with Crippen molar-refractivity contribution in [1.82, 2.24) is 4.98 Å². The van der Waals surface area contributed by atoms with Crippen LogP contribution in [0.25, 0.3) is 11.5 Å². The van der Waals surface area contributed by atoms with Crippen LogP contribution in [-0.2, 0) is 6.61 Å². The van der Waals surface area contributed by atoms with Crippen LogP contribution in [0.5, 0.6) is 5.75 Å². The molecule has 0 N–H and O–H groups in total. The Balaban J connectivity index is 1.77. The summed E-state index contributed by atoms with van der Waals surface area (Å²) in [5.41, 5.74) is 3.26. The lowest BCUT2D eigenvalue weighted by Crippen LogP contribution is -1.99. The Morgan fingerprint density at radius 3 is 2.61 bits per heavy atom. The zero-order chi connectivity index (χ0) is 16.2. The summed E-state index contributed by atoms with van der Waals surface area (Å²) in [6.07, 6.45) is 0. The summed E-state index contributed by atoms with van der Waals surface area (Å²) in [7, 11) is 0. The summed E-state index contributed by atoms with van der Waals surface area (Å²) < 4.78 is 11.5. The molecule has 0 aliphatic heterocycles. The van der Waals surface area contributed by atoms with E-state index in [0.717, 1.165) is 28.3 Å². The molecule has 3 rings (SSSR count). The summed E-state index contributed by atoms with van der Waals surface area (Å²) in [5.74, 6) is 2.08. The topological polar surface area (TPSA) is 59.0 Å². The third-order valence-corrected chi connectivity index (χ3v) is 3.58. The SMILES string of the molecule is Cc1cc(C#N)ccc1OCc1nc(-c2ccccc2)oc1C. The number of aromatic nitrogens is 1. The van der Waals surface area contributed by atoms with E-state index in [1.165, 1.54) is 0 Å². The van der Waals surface area contributed by atoms with Crippen LogP contribution in [-0.4, -0.2) is 4.98 Å². The maximum Gasteiger partial charge on any atom is 0.226 e. The predicted octanol–water partition coefficient (Wildman–Crippen LogP) is 4.41. The fourth-order valence-corrected chi connectivity index (χ4v) is 2.29. The van der Waals surface area contributed by atoms with Gasteiger partial charge >= 0.3 is 0 Å². The van der Waals surface area contributed by atoms with E-state index in [-0.39, 0.29) is 0 Å². The van der Waals surface area contributed by atoms with Crippen LogP contribution < -0.4 is 4.74 Å². The fourth-order valence-electron chi connectivity index (χ4n) is 2.29. The molecule has 0 aliphatic rings. The van der Waals surface area contributed by atoms with E-state index >= 15 is 0 Å². The zero-order valence-corrected chi connectivity index (χ0v) is 13.0. The minimum Gasteiger partial charge on any atom is -0.487 e. The molecule has 0 atom stereocenters. The molecular formula is C19H16N2O2. The van der Waals surface area contributed by atoms with Gasteiger partial charge in [-0.2, -0.15) is 5.26 Å². The van der Waals surface area contributed by atoms with Crippen LogP contribution in [0.2, 0.25) is 0 Å². The summed E-state index contributed by atoms with van der Waals surface area (Å²) in [6, 6.07) is 17.2. The largest absolute Gasteiger partial charge is 0.487 e. The van der Waals surface area contributed by atoms with Gasteiger partial charge in [0.25, 0.3) is 0 Å². The van der Waals surface area contributed by atoms with Gasteiger partial charge in [0, 0.05) is 5.56 Å².